The van der Waals surface area contributed by atoms with Crippen molar-refractivity contribution in [2.24, 2.45) is 0 Å². The molecular weight excluding hydrogens is 384 g/mol. The van der Waals surface area contributed by atoms with Gasteiger partial charge in [0.05, 0.1) is 5.69 Å². The van der Waals surface area contributed by atoms with Crippen LogP contribution in [0.2, 0.25) is 0 Å². The molecule has 3 aromatic heterocycles. The maximum absolute atomic E-state index is 12.5. The molecule has 1 aliphatic rings. The highest BCUT2D eigenvalue weighted by atomic mass is 32.1. The van der Waals surface area contributed by atoms with Crippen LogP contribution >= 0.6 is 11.3 Å². The maximum Gasteiger partial charge on any atom is 0.246 e. The lowest BCUT2D eigenvalue weighted by molar-refractivity contribution is -0.124. The Morgan fingerprint density at radius 3 is 2.97 bits per heavy atom. The minimum absolute atomic E-state index is 0.0127. The van der Waals surface area contributed by atoms with Gasteiger partial charge in [-0.15, -0.1) is 11.3 Å². The van der Waals surface area contributed by atoms with Crippen LogP contribution in [0, 0.1) is 13.8 Å². The Kier molecular flexibility index (Phi) is 5.62. The molecule has 1 aliphatic heterocycles. The number of hydrogen-bond acceptors (Lipinski definition) is 7. The summed E-state index contributed by atoms with van der Waals surface area (Å²) in [7, 11) is 0. The van der Waals surface area contributed by atoms with Crippen LogP contribution < -0.4 is 5.32 Å². The Morgan fingerprint density at radius 2 is 2.21 bits per heavy atom. The first-order valence-corrected chi connectivity index (χ1v) is 10.3. The summed E-state index contributed by atoms with van der Waals surface area (Å²) in [6.07, 6.45) is 9.59. The first-order valence-electron chi connectivity index (χ1n) is 9.49. The van der Waals surface area contributed by atoms with Crippen LogP contribution in [-0.2, 0) is 4.79 Å². The number of thiazole rings is 1. The first kappa shape index (κ1) is 19.2. The molecule has 1 N–H and O–H groups in total. The Hall–Kier alpha value is -3.13. The second kappa shape index (κ2) is 8.48. The Labute approximate surface area is 173 Å². The molecule has 3 aromatic rings. The van der Waals surface area contributed by atoms with Crippen molar-refractivity contribution in [1.82, 2.24) is 24.8 Å². The molecule has 7 nitrogen and oxygen atoms in total. The molecule has 4 heterocycles. The number of aryl methyl sites for hydroxylation is 2. The van der Waals surface area contributed by atoms with E-state index in [9.17, 15) is 4.79 Å². The van der Waals surface area contributed by atoms with Crippen molar-refractivity contribution in [2.75, 3.05) is 18.4 Å². The van der Waals surface area contributed by atoms with E-state index in [1.165, 1.54) is 0 Å². The fraction of sp³-hybridized carbons (Fsp3) is 0.286. The fourth-order valence-corrected chi connectivity index (χ4v) is 4.01. The van der Waals surface area contributed by atoms with Crippen LogP contribution in [0.4, 0.5) is 10.9 Å². The lowest BCUT2D eigenvalue weighted by Crippen LogP contribution is -2.26. The molecule has 0 saturated carbocycles. The summed E-state index contributed by atoms with van der Waals surface area (Å²) in [5, 5.41) is 4.08. The Balaban J connectivity index is 1.43. The summed E-state index contributed by atoms with van der Waals surface area (Å²) in [5.41, 5.74) is 1.87. The second-order valence-electron chi connectivity index (χ2n) is 7.02. The number of amides is 1. The number of anilines is 2. The van der Waals surface area contributed by atoms with E-state index in [0.29, 0.717) is 12.4 Å². The van der Waals surface area contributed by atoms with Crippen LogP contribution in [0.15, 0.2) is 42.9 Å². The van der Waals surface area contributed by atoms with Crippen molar-refractivity contribution in [3.8, 4) is 0 Å². The lowest BCUT2D eigenvalue weighted by atomic mass is 10.0. The van der Waals surface area contributed by atoms with E-state index >= 15 is 0 Å². The SMILES string of the molecule is Cc1nc(Nc2ncc(C)s2)cc([C@@H]2CCN(C(=O)/C=C/c3cccnc3)C2)n1. The number of rotatable bonds is 5. The van der Waals surface area contributed by atoms with E-state index in [-0.39, 0.29) is 11.8 Å². The summed E-state index contributed by atoms with van der Waals surface area (Å²) in [5.74, 6) is 1.66. The molecule has 4 rings (SSSR count). The highest BCUT2D eigenvalue weighted by molar-refractivity contribution is 7.15. The predicted molar refractivity (Wildman–Crippen MR) is 114 cm³/mol. The minimum atomic E-state index is 0.0127. The van der Waals surface area contributed by atoms with E-state index in [1.807, 2.05) is 43.1 Å². The van der Waals surface area contributed by atoms with E-state index in [4.69, 9.17) is 0 Å². The zero-order chi connectivity index (χ0) is 20.2. The second-order valence-corrected chi connectivity index (χ2v) is 8.25. The number of hydrogen-bond donors (Lipinski definition) is 1. The molecule has 0 bridgehead atoms. The summed E-state index contributed by atoms with van der Waals surface area (Å²) in [6, 6.07) is 5.74. The van der Waals surface area contributed by atoms with Gasteiger partial charge in [-0.05, 0) is 38.0 Å². The number of carbonyl (C=O) groups excluding carboxylic acids is 1. The quantitative estimate of drug-likeness (QED) is 0.650. The molecule has 1 saturated heterocycles. The third-order valence-corrected chi connectivity index (χ3v) is 5.56. The maximum atomic E-state index is 12.5. The van der Waals surface area contributed by atoms with Crippen LogP contribution in [0.1, 0.15) is 34.3 Å². The Bertz CT molecular complexity index is 1030. The van der Waals surface area contributed by atoms with Gasteiger partial charge in [0, 0.05) is 54.6 Å². The number of pyridine rings is 1. The predicted octanol–water partition coefficient (Wildman–Crippen LogP) is 3.72. The van der Waals surface area contributed by atoms with Gasteiger partial charge in [-0.1, -0.05) is 6.07 Å². The number of carbonyl (C=O) groups is 1. The number of nitrogens with zero attached hydrogens (tertiary/aromatic N) is 5. The van der Waals surface area contributed by atoms with Gasteiger partial charge in [-0.25, -0.2) is 15.0 Å². The topological polar surface area (TPSA) is 83.9 Å². The fourth-order valence-electron chi connectivity index (χ4n) is 3.34. The zero-order valence-corrected chi connectivity index (χ0v) is 17.2. The molecule has 0 aliphatic carbocycles. The molecule has 1 fully saturated rings. The van der Waals surface area contributed by atoms with Crippen molar-refractivity contribution in [1.29, 1.82) is 0 Å². The van der Waals surface area contributed by atoms with Crippen LogP contribution in [0.3, 0.4) is 0 Å². The molecule has 0 radical (unpaired) electrons. The molecule has 1 amide bonds. The third kappa shape index (κ3) is 4.83. The van der Waals surface area contributed by atoms with Gasteiger partial charge in [-0.2, -0.15) is 0 Å². The van der Waals surface area contributed by atoms with Gasteiger partial charge < -0.3 is 10.2 Å². The van der Waals surface area contributed by atoms with Crippen molar-refractivity contribution >= 4 is 34.3 Å². The van der Waals surface area contributed by atoms with Gasteiger partial charge >= 0.3 is 0 Å². The molecule has 148 valence electrons. The molecule has 0 unspecified atom stereocenters. The monoisotopic (exact) mass is 406 g/mol. The standard InChI is InChI=1S/C21H22N6OS/c1-14-11-23-21(29-14)26-19-10-18(24-15(2)25-19)17-7-9-27(13-17)20(28)6-5-16-4-3-8-22-12-16/h3-6,8,10-12,17H,7,9,13H2,1-2H3,(H,23,24,25,26)/b6-5+/t17-/m1/s1. The minimum Gasteiger partial charge on any atom is -0.338 e. The van der Waals surface area contributed by atoms with Crippen LogP contribution in [-0.4, -0.2) is 43.8 Å². The summed E-state index contributed by atoms with van der Waals surface area (Å²) < 4.78 is 0. The van der Waals surface area contributed by atoms with Gasteiger partial charge in [-0.3, -0.25) is 9.78 Å². The first-order chi connectivity index (χ1) is 14.1. The highest BCUT2D eigenvalue weighted by Gasteiger charge is 2.27. The molecule has 0 aromatic carbocycles. The normalized spacial score (nSPS) is 16.5. The largest absolute Gasteiger partial charge is 0.338 e. The summed E-state index contributed by atoms with van der Waals surface area (Å²) >= 11 is 1.59. The summed E-state index contributed by atoms with van der Waals surface area (Å²) in [4.78, 5) is 33.0. The van der Waals surface area contributed by atoms with E-state index in [1.54, 1.807) is 35.9 Å². The van der Waals surface area contributed by atoms with Gasteiger partial charge in [0.1, 0.15) is 11.6 Å². The van der Waals surface area contributed by atoms with Gasteiger partial charge in [0.2, 0.25) is 5.91 Å². The van der Waals surface area contributed by atoms with Crippen molar-refractivity contribution < 1.29 is 4.79 Å². The molecule has 29 heavy (non-hydrogen) atoms. The molecule has 0 spiro atoms. The molecule has 8 heteroatoms. The van der Waals surface area contributed by atoms with Crippen molar-refractivity contribution in [2.45, 2.75) is 26.2 Å². The van der Waals surface area contributed by atoms with Gasteiger partial charge in [0.15, 0.2) is 5.13 Å². The van der Waals surface area contributed by atoms with E-state index in [0.717, 1.165) is 40.0 Å². The highest BCUT2D eigenvalue weighted by Crippen LogP contribution is 2.29. The van der Waals surface area contributed by atoms with E-state index in [2.05, 4.69) is 25.3 Å². The molecular formula is C21H22N6OS. The average molecular weight is 407 g/mol. The molecule has 1 atom stereocenters. The smallest absolute Gasteiger partial charge is 0.246 e. The lowest BCUT2D eigenvalue weighted by Gasteiger charge is -2.15. The summed E-state index contributed by atoms with van der Waals surface area (Å²) in [6.45, 7) is 5.28. The number of aromatic nitrogens is 4. The van der Waals surface area contributed by atoms with E-state index < -0.39 is 0 Å². The average Bonchev–Trinajstić information content (AvgIpc) is 3.36. The van der Waals surface area contributed by atoms with Crippen molar-refractivity contribution in [3.05, 3.63) is 64.8 Å². The zero-order valence-electron chi connectivity index (χ0n) is 16.4. The number of likely N-dealkylation sites (tertiary alicyclic amines) is 1. The van der Waals surface area contributed by atoms with Crippen molar-refractivity contribution in [3.63, 3.8) is 0 Å². The van der Waals surface area contributed by atoms with Gasteiger partial charge in [0.25, 0.3) is 0 Å². The van der Waals surface area contributed by atoms with Crippen LogP contribution in [0.5, 0.6) is 0 Å². The number of nitrogens with one attached hydrogen (secondary N) is 1. The van der Waals surface area contributed by atoms with Crippen LogP contribution in [0.25, 0.3) is 6.08 Å². The Morgan fingerprint density at radius 1 is 1.31 bits per heavy atom. The third-order valence-electron chi connectivity index (χ3n) is 4.74.